The van der Waals surface area contributed by atoms with E-state index in [0.29, 0.717) is 0 Å². The van der Waals surface area contributed by atoms with Gasteiger partial charge in [0.2, 0.25) is 0 Å². The predicted molar refractivity (Wildman–Crippen MR) is 40.7 cm³/mol. The van der Waals surface area contributed by atoms with Crippen LogP contribution in [0.25, 0.3) is 4.85 Å². The monoisotopic (exact) mass is 167 g/mol. The molecule has 1 heterocycles. The number of rotatable bonds is 1. The van der Waals surface area contributed by atoms with Crippen LogP contribution in [0.2, 0.25) is 0 Å². The second-order valence-electron chi connectivity index (χ2n) is 2.52. The second-order valence-corrected chi connectivity index (χ2v) is 2.52. The first-order chi connectivity index (χ1) is 5.66. The van der Waals surface area contributed by atoms with Gasteiger partial charge in [-0.15, -0.1) is 0 Å². The average molecular weight is 167 g/mol. The molecule has 1 aliphatic heterocycles. The molecule has 0 aliphatic carbocycles. The highest BCUT2D eigenvalue weighted by atomic mass is 16.5. The first-order valence-corrected chi connectivity index (χ1v) is 3.47. The van der Waals surface area contributed by atoms with E-state index >= 15 is 0 Å². The number of nitrogens with zero attached hydrogens (tertiary/aromatic N) is 1. The van der Waals surface area contributed by atoms with Crippen LogP contribution in [-0.4, -0.2) is 34.6 Å². The van der Waals surface area contributed by atoms with Crippen LogP contribution in [-0.2, 0) is 4.74 Å². The number of hydrogen-bond acceptors (Lipinski definition) is 3. The first-order valence-electron chi connectivity index (χ1n) is 3.47. The fourth-order valence-electron chi connectivity index (χ4n) is 1.02. The lowest BCUT2D eigenvalue weighted by Crippen LogP contribution is -2.30. The zero-order valence-corrected chi connectivity index (χ0v) is 6.29. The molecule has 1 unspecified atom stereocenters. The van der Waals surface area contributed by atoms with E-state index in [1.54, 1.807) is 0 Å². The maximum Gasteiger partial charge on any atom is 0.152 e. The molecule has 1 saturated heterocycles. The summed E-state index contributed by atoms with van der Waals surface area (Å²) in [6.07, 6.45) is -1.14. The number of aliphatic hydroxyl groups is 2. The Kier molecular flexibility index (Phi) is 2.82. The summed E-state index contributed by atoms with van der Waals surface area (Å²) in [4.78, 5) is 2.94. The highest BCUT2D eigenvalue weighted by molar-refractivity contribution is 5.04. The Morgan fingerprint density at radius 2 is 2.08 bits per heavy atom. The Morgan fingerprint density at radius 3 is 2.50 bits per heavy atom. The Balaban J connectivity index is 2.60. The molecular weight excluding hydrogens is 158 g/mol. The van der Waals surface area contributed by atoms with Gasteiger partial charge in [-0.05, 0) is 6.92 Å². The topological polar surface area (TPSA) is 54.0 Å². The van der Waals surface area contributed by atoms with E-state index in [4.69, 9.17) is 23.3 Å². The maximum atomic E-state index is 9.25. The quantitative estimate of drug-likeness (QED) is 0.523. The molecule has 2 N–H and O–H groups in total. The Morgan fingerprint density at radius 1 is 1.42 bits per heavy atom. The molecular formula is C8H9NO3. The van der Waals surface area contributed by atoms with Crippen molar-refractivity contribution < 1.29 is 14.9 Å². The highest BCUT2D eigenvalue weighted by Crippen LogP contribution is 2.21. The lowest BCUT2D eigenvalue weighted by molar-refractivity contribution is 0.0390. The van der Waals surface area contributed by atoms with E-state index in [1.165, 1.54) is 12.3 Å². The summed E-state index contributed by atoms with van der Waals surface area (Å²) in [7, 11) is 0. The van der Waals surface area contributed by atoms with Crippen LogP contribution < -0.4 is 0 Å². The Hall–Kier alpha value is -0.890. The van der Waals surface area contributed by atoms with Crippen LogP contribution in [0.5, 0.6) is 0 Å². The summed E-state index contributed by atoms with van der Waals surface area (Å²) in [6.45, 7) is 11.7. The minimum atomic E-state index is -1.08. The van der Waals surface area contributed by atoms with E-state index in [0.717, 1.165) is 0 Å². The smallest absolute Gasteiger partial charge is 0.152 e. The van der Waals surface area contributed by atoms with E-state index in [9.17, 15) is 5.11 Å². The third-order valence-electron chi connectivity index (χ3n) is 1.69. The summed E-state index contributed by atoms with van der Waals surface area (Å²) in [6, 6.07) is 0. The SMILES string of the molecule is [C-]#[N+]/C=C\[C@H]1O[C@@H]([CH])C(O)[C@H]1O. The number of aliphatic hydroxyl groups excluding tert-OH is 2. The fraction of sp³-hybridized carbons (Fsp3) is 0.500. The lowest BCUT2D eigenvalue weighted by atomic mass is 10.1. The van der Waals surface area contributed by atoms with Gasteiger partial charge in [0.05, 0.1) is 18.8 Å². The summed E-state index contributed by atoms with van der Waals surface area (Å²) < 4.78 is 4.94. The predicted octanol–water partition coefficient (Wildman–Crippen LogP) is -0.380. The normalized spacial score (nSPS) is 41.8. The second kappa shape index (κ2) is 3.68. The van der Waals surface area contributed by atoms with Crippen molar-refractivity contribution in [3.05, 3.63) is 30.6 Å². The zero-order valence-electron chi connectivity index (χ0n) is 6.29. The molecule has 0 spiro atoms. The standard InChI is InChI=1S/C8H9NO3/c1-5-7(10)8(11)6(12-5)3-4-9-2/h1,3-8,10-11H/b4-3-/t5-,6+,7?,8-/m0/s1. The van der Waals surface area contributed by atoms with Gasteiger partial charge in [-0.3, -0.25) is 0 Å². The van der Waals surface area contributed by atoms with Crippen molar-refractivity contribution in [3.8, 4) is 0 Å². The van der Waals surface area contributed by atoms with E-state index < -0.39 is 24.4 Å². The van der Waals surface area contributed by atoms with Crippen molar-refractivity contribution in [2.24, 2.45) is 0 Å². The van der Waals surface area contributed by atoms with Gasteiger partial charge in [0.1, 0.15) is 12.2 Å². The van der Waals surface area contributed by atoms with Crippen molar-refractivity contribution in [1.29, 1.82) is 0 Å². The van der Waals surface area contributed by atoms with Gasteiger partial charge in [0.25, 0.3) is 0 Å². The first kappa shape index (κ1) is 9.20. The van der Waals surface area contributed by atoms with Crippen molar-refractivity contribution in [2.75, 3.05) is 0 Å². The fourth-order valence-corrected chi connectivity index (χ4v) is 1.02. The van der Waals surface area contributed by atoms with Gasteiger partial charge in [-0.25, -0.2) is 4.85 Å². The molecule has 0 amide bonds. The van der Waals surface area contributed by atoms with Gasteiger partial charge >= 0.3 is 0 Å². The van der Waals surface area contributed by atoms with Gasteiger partial charge in [0.15, 0.2) is 6.20 Å². The molecule has 1 rings (SSSR count). The van der Waals surface area contributed by atoms with E-state index in [-0.39, 0.29) is 0 Å². The van der Waals surface area contributed by atoms with E-state index in [1.807, 2.05) is 0 Å². The van der Waals surface area contributed by atoms with Crippen LogP contribution in [0, 0.1) is 13.5 Å². The van der Waals surface area contributed by atoms with E-state index in [2.05, 4.69) is 4.85 Å². The van der Waals surface area contributed by atoms with Crippen LogP contribution >= 0.6 is 0 Å². The highest BCUT2D eigenvalue weighted by Gasteiger charge is 2.38. The molecule has 4 nitrogen and oxygen atoms in total. The maximum absolute atomic E-state index is 9.25. The average Bonchev–Trinajstić information content (AvgIpc) is 2.30. The molecule has 0 bridgehead atoms. The van der Waals surface area contributed by atoms with Gasteiger partial charge in [-0.2, -0.15) is 0 Å². The molecule has 0 saturated carbocycles. The molecule has 12 heavy (non-hydrogen) atoms. The van der Waals surface area contributed by atoms with Crippen molar-refractivity contribution in [2.45, 2.75) is 24.4 Å². The molecule has 4 atom stereocenters. The molecule has 1 aliphatic rings. The van der Waals surface area contributed by atoms with Crippen LogP contribution in [0.4, 0.5) is 0 Å². The number of hydrogen-bond donors (Lipinski definition) is 2. The number of ether oxygens (including phenoxy) is 1. The molecule has 1 fully saturated rings. The molecule has 2 radical (unpaired) electrons. The van der Waals surface area contributed by atoms with Crippen LogP contribution in [0.15, 0.2) is 12.3 Å². The lowest BCUT2D eigenvalue weighted by Gasteiger charge is -2.09. The summed E-state index contributed by atoms with van der Waals surface area (Å²) in [5.41, 5.74) is 0. The molecule has 64 valence electrons. The molecule has 4 heteroatoms. The zero-order chi connectivity index (χ0) is 9.14. The summed E-state index contributed by atoms with van der Waals surface area (Å²) in [5, 5.41) is 18.4. The largest absolute Gasteiger partial charge is 0.388 e. The molecule has 0 aromatic rings. The third kappa shape index (κ3) is 1.64. The van der Waals surface area contributed by atoms with Crippen molar-refractivity contribution in [3.63, 3.8) is 0 Å². The van der Waals surface area contributed by atoms with Crippen LogP contribution in [0.1, 0.15) is 0 Å². The van der Waals surface area contributed by atoms with Crippen molar-refractivity contribution in [1.82, 2.24) is 0 Å². The van der Waals surface area contributed by atoms with Gasteiger partial charge in [-0.1, -0.05) is 6.08 Å². The van der Waals surface area contributed by atoms with Gasteiger partial charge in [0, 0.05) is 0 Å². The summed E-state index contributed by atoms with van der Waals surface area (Å²) >= 11 is 0. The van der Waals surface area contributed by atoms with Crippen molar-refractivity contribution >= 4 is 0 Å². The van der Waals surface area contributed by atoms with Crippen LogP contribution in [0.3, 0.4) is 0 Å². The Labute approximate surface area is 70.9 Å². The minimum Gasteiger partial charge on any atom is -0.388 e. The third-order valence-corrected chi connectivity index (χ3v) is 1.69. The summed E-state index contributed by atoms with van der Waals surface area (Å²) in [5.74, 6) is 0. The molecule has 0 aromatic carbocycles. The molecule has 0 aromatic heterocycles. The minimum absolute atomic E-state index is 0.677. The Bertz CT molecular complexity index is 221. The van der Waals surface area contributed by atoms with Gasteiger partial charge < -0.3 is 14.9 Å².